The number of aryl methyl sites for hydroxylation is 1. The normalized spacial score (nSPS) is 15.1. The number of hydrogen-bond donors (Lipinski definition) is 3. The van der Waals surface area contributed by atoms with Crippen LogP contribution in [-0.4, -0.2) is 39.7 Å². The highest BCUT2D eigenvalue weighted by molar-refractivity contribution is 6.34. The molecule has 2 aromatic carbocycles. The number of carbonyl (C=O) groups is 1. The number of nitrogens with one attached hydrogen (secondary N) is 1. The maximum Gasteiger partial charge on any atom is 0.251 e. The first-order valence-corrected chi connectivity index (χ1v) is 13.4. The molecular weight excluding hydrogens is 533 g/mol. The summed E-state index contributed by atoms with van der Waals surface area (Å²) in [7, 11) is 1.52. The van der Waals surface area contributed by atoms with E-state index in [1.807, 2.05) is 13.0 Å². The Morgan fingerprint density at radius 2 is 1.85 bits per heavy atom. The highest BCUT2D eigenvalue weighted by Gasteiger charge is 2.47. The van der Waals surface area contributed by atoms with Gasteiger partial charge in [-0.25, -0.2) is 9.37 Å². The van der Waals surface area contributed by atoms with Gasteiger partial charge in [0.1, 0.15) is 22.7 Å². The summed E-state index contributed by atoms with van der Waals surface area (Å²) in [6.07, 6.45) is 3.23. The first kappa shape index (κ1) is 28.0. The lowest BCUT2D eigenvalue weighted by Crippen LogP contribution is -2.43. The maximum atomic E-state index is 13.6. The standard InChI is InChI=1S/C31H31ClFN3O4/c1-17-11-19-12-20(13-24(40-4)27(19)34-15-17)29(37)35-16-31(39,21-7-8-21)25-14-23(30(2,3)38)26(32)28(36-25)18-5-9-22(33)10-6-18/h5-6,9-15,21,38-39H,7-8,16H2,1-4H3,(H,35,37). The van der Waals surface area contributed by atoms with Gasteiger partial charge in [-0.3, -0.25) is 9.78 Å². The molecule has 0 saturated heterocycles. The Morgan fingerprint density at radius 3 is 2.48 bits per heavy atom. The van der Waals surface area contributed by atoms with Gasteiger partial charge in [0.05, 0.1) is 35.7 Å². The van der Waals surface area contributed by atoms with Gasteiger partial charge < -0.3 is 20.3 Å². The third-order valence-corrected chi connectivity index (χ3v) is 7.70. The molecule has 2 aromatic heterocycles. The number of aliphatic hydroxyl groups is 2. The minimum absolute atomic E-state index is 0.119. The number of rotatable bonds is 8. The summed E-state index contributed by atoms with van der Waals surface area (Å²) in [4.78, 5) is 22.5. The van der Waals surface area contributed by atoms with Gasteiger partial charge in [0, 0.05) is 28.3 Å². The Morgan fingerprint density at radius 1 is 1.15 bits per heavy atom. The molecule has 1 atom stereocenters. The summed E-state index contributed by atoms with van der Waals surface area (Å²) < 4.78 is 19.1. The summed E-state index contributed by atoms with van der Waals surface area (Å²) in [6, 6.07) is 12.6. The Balaban J connectivity index is 1.52. The van der Waals surface area contributed by atoms with Crippen LogP contribution in [0.2, 0.25) is 5.02 Å². The number of amides is 1. The van der Waals surface area contributed by atoms with Crippen LogP contribution in [0, 0.1) is 18.7 Å². The molecule has 0 aliphatic heterocycles. The van der Waals surface area contributed by atoms with Crippen molar-refractivity contribution in [3.8, 4) is 17.0 Å². The zero-order chi connectivity index (χ0) is 28.8. The summed E-state index contributed by atoms with van der Waals surface area (Å²) in [5.41, 5.74) is 0.554. The molecule has 7 nitrogen and oxygen atoms in total. The van der Waals surface area contributed by atoms with E-state index in [4.69, 9.17) is 21.3 Å². The third kappa shape index (κ3) is 5.39. The van der Waals surface area contributed by atoms with Crippen LogP contribution in [0.4, 0.5) is 4.39 Å². The Bertz CT molecular complexity index is 1600. The van der Waals surface area contributed by atoms with Crippen LogP contribution in [0.5, 0.6) is 5.75 Å². The number of nitrogens with zero attached hydrogens (tertiary/aromatic N) is 2. The molecule has 3 N–H and O–H groups in total. The van der Waals surface area contributed by atoms with Crippen molar-refractivity contribution in [3.63, 3.8) is 0 Å². The quantitative estimate of drug-likeness (QED) is 0.255. The van der Waals surface area contributed by atoms with E-state index in [0.29, 0.717) is 33.7 Å². The van der Waals surface area contributed by atoms with Gasteiger partial charge in [-0.1, -0.05) is 11.6 Å². The molecule has 1 fully saturated rings. The number of hydrogen-bond acceptors (Lipinski definition) is 6. The molecule has 0 bridgehead atoms. The fourth-order valence-electron chi connectivity index (χ4n) is 4.93. The van der Waals surface area contributed by atoms with Gasteiger partial charge in [-0.2, -0.15) is 0 Å². The SMILES string of the molecule is COc1cc(C(=O)NCC(O)(c2cc(C(C)(C)O)c(Cl)c(-c3ccc(F)cc3)n2)C2CC2)cc2cc(C)cnc12. The Hall–Kier alpha value is -3.59. The largest absolute Gasteiger partial charge is 0.494 e. The Kier molecular flexibility index (Phi) is 7.29. The lowest BCUT2D eigenvalue weighted by Gasteiger charge is -2.31. The Labute approximate surface area is 237 Å². The van der Waals surface area contributed by atoms with Crippen LogP contribution in [0.3, 0.4) is 0 Å². The predicted octanol–water partition coefficient (Wildman–Crippen LogP) is 5.66. The molecule has 40 heavy (non-hydrogen) atoms. The van der Waals surface area contributed by atoms with Crippen LogP contribution in [0.15, 0.2) is 54.7 Å². The first-order valence-electron chi connectivity index (χ1n) is 13.1. The van der Waals surface area contributed by atoms with Crippen molar-refractivity contribution < 1.29 is 24.1 Å². The minimum Gasteiger partial charge on any atom is -0.494 e. The molecule has 2 heterocycles. The molecule has 1 saturated carbocycles. The average Bonchev–Trinajstić information content (AvgIpc) is 3.77. The van der Waals surface area contributed by atoms with Gasteiger partial charge in [-0.15, -0.1) is 0 Å². The molecule has 9 heteroatoms. The van der Waals surface area contributed by atoms with Crippen molar-refractivity contribution in [2.45, 2.75) is 44.8 Å². The number of fused-ring (bicyclic) bond motifs is 1. The van der Waals surface area contributed by atoms with Crippen LogP contribution >= 0.6 is 11.6 Å². The van der Waals surface area contributed by atoms with Crippen molar-refractivity contribution in [1.82, 2.24) is 15.3 Å². The lowest BCUT2D eigenvalue weighted by molar-refractivity contribution is 0.00889. The second-order valence-corrected chi connectivity index (χ2v) is 11.3. The molecule has 1 amide bonds. The monoisotopic (exact) mass is 563 g/mol. The van der Waals surface area contributed by atoms with E-state index < -0.39 is 22.9 Å². The average molecular weight is 564 g/mol. The number of methoxy groups -OCH3 is 1. The first-order chi connectivity index (χ1) is 18.9. The molecule has 5 rings (SSSR count). The summed E-state index contributed by atoms with van der Waals surface area (Å²) in [5, 5.41) is 26.8. The van der Waals surface area contributed by atoms with Crippen molar-refractivity contribution >= 4 is 28.4 Å². The molecular formula is C31H31ClFN3O4. The number of halogens is 2. The second-order valence-electron chi connectivity index (χ2n) is 10.9. The highest BCUT2D eigenvalue weighted by Crippen LogP contribution is 2.47. The van der Waals surface area contributed by atoms with E-state index in [-0.39, 0.29) is 23.2 Å². The number of aromatic nitrogens is 2. The smallest absolute Gasteiger partial charge is 0.251 e. The van der Waals surface area contributed by atoms with E-state index in [2.05, 4.69) is 10.3 Å². The van der Waals surface area contributed by atoms with E-state index in [0.717, 1.165) is 23.8 Å². The van der Waals surface area contributed by atoms with Crippen LogP contribution in [0.25, 0.3) is 22.2 Å². The van der Waals surface area contributed by atoms with Crippen LogP contribution < -0.4 is 10.1 Å². The molecule has 0 spiro atoms. The van der Waals surface area contributed by atoms with Crippen molar-refractivity contribution in [1.29, 1.82) is 0 Å². The maximum absolute atomic E-state index is 13.6. The number of pyridine rings is 2. The van der Waals surface area contributed by atoms with E-state index >= 15 is 0 Å². The molecule has 1 aliphatic rings. The third-order valence-electron chi connectivity index (χ3n) is 7.32. The second kappa shape index (κ2) is 10.4. The van der Waals surface area contributed by atoms with E-state index in [1.165, 1.54) is 19.2 Å². The fourth-order valence-corrected chi connectivity index (χ4v) is 5.37. The van der Waals surface area contributed by atoms with Crippen LogP contribution in [0.1, 0.15) is 53.9 Å². The van der Waals surface area contributed by atoms with Gasteiger partial charge >= 0.3 is 0 Å². The number of ether oxygens (including phenoxy) is 1. The summed E-state index contributed by atoms with van der Waals surface area (Å²) in [6.45, 7) is 4.98. The fraction of sp³-hybridized carbons (Fsp3) is 0.323. The molecule has 1 aliphatic carbocycles. The summed E-state index contributed by atoms with van der Waals surface area (Å²) in [5.74, 6) is -0.489. The lowest BCUT2D eigenvalue weighted by atomic mass is 9.88. The van der Waals surface area contributed by atoms with Crippen molar-refractivity contribution in [3.05, 3.63) is 88.0 Å². The van der Waals surface area contributed by atoms with Crippen molar-refractivity contribution in [2.75, 3.05) is 13.7 Å². The van der Waals surface area contributed by atoms with Crippen molar-refractivity contribution in [2.24, 2.45) is 5.92 Å². The summed E-state index contributed by atoms with van der Waals surface area (Å²) >= 11 is 6.70. The molecule has 208 valence electrons. The minimum atomic E-state index is -1.53. The van der Waals surface area contributed by atoms with E-state index in [1.54, 1.807) is 50.4 Å². The number of carbonyl (C=O) groups excluding carboxylic acids is 1. The topological polar surface area (TPSA) is 105 Å². The van der Waals surface area contributed by atoms with Gasteiger partial charge in [-0.05, 0) is 93.6 Å². The number of benzene rings is 2. The molecule has 1 unspecified atom stereocenters. The molecule has 0 radical (unpaired) electrons. The molecule has 4 aromatic rings. The zero-order valence-electron chi connectivity index (χ0n) is 22.8. The van der Waals surface area contributed by atoms with E-state index in [9.17, 15) is 19.4 Å². The van der Waals surface area contributed by atoms with Gasteiger partial charge in [0.2, 0.25) is 0 Å². The van der Waals surface area contributed by atoms with Gasteiger partial charge in [0.25, 0.3) is 5.91 Å². The van der Waals surface area contributed by atoms with Crippen LogP contribution in [-0.2, 0) is 11.2 Å². The zero-order valence-corrected chi connectivity index (χ0v) is 23.5. The predicted molar refractivity (Wildman–Crippen MR) is 152 cm³/mol. The highest BCUT2D eigenvalue weighted by atomic mass is 35.5. The van der Waals surface area contributed by atoms with Gasteiger partial charge in [0.15, 0.2) is 0 Å².